The highest BCUT2D eigenvalue weighted by atomic mass is 16.5. The van der Waals surface area contributed by atoms with Crippen LogP contribution in [-0.2, 0) is 11.8 Å². The number of ether oxygens (including phenoxy) is 1. The number of anilines is 2. The number of aryl methyl sites for hydroxylation is 2. The second-order valence-corrected chi connectivity index (χ2v) is 11.2. The van der Waals surface area contributed by atoms with Crippen molar-refractivity contribution in [2.24, 2.45) is 7.05 Å². The molecule has 9 heteroatoms. The number of aromatic amines is 1. The molecule has 0 saturated carbocycles. The van der Waals surface area contributed by atoms with Gasteiger partial charge in [0.25, 0.3) is 0 Å². The Morgan fingerprint density at radius 2 is 1.77 bits per heavy atom. The van der Waals surface area contributed by atoms with Crippen LogP contribution in [0.5, 0.6) is 5.75 Å². The van der Waals surface area contributed by atoms with Crippen molar-refractivity contribution in [1.29, 1.82) is 0 Å². The van der Waals surface area contributed by atoms with Crippen LogP contribution >= 0.6 is 0 Å². The van der Waals surface area contributed by atoms with Gasteiger partial charge in [-0.15, -0.1) is 0 Å². The molecule has 2 N–H and O–H groups in total. The number of imidazole rings is 1. The topological polar surface area (TPSA) is 91.3 Å². The lowest BCUT2D eigenvalue weighted by atomic mass is 9.95. The minimum Gasteiger partial charge on any atom is -0.495 e. The third kappa shape index (κ3) is 5.17. The number of benzene rings is 2. The monoisotopic (exact) mass is 579 g/mol. The maximum atomic E-state index is 12.3. The van der Waals surface area contributed by atoms with Gasteiger partial charge in [0.05, 0.1) is 35.8 Å². The van der Waals surface area contributed by atoms with E-state index in [1.807, 2.05) is 43.8 Å². The minimum absolute atomic E-state index is 0. The first-order chi connectivity index (χ1) is 20.8. The molecule has 6 rings (SSSR count). The molecule has 2 aromatic carbocycles. The summed E-state index contributed by atoms with van der Waals surface area (Å²) in [6.45, 7) is 11.7. The van der Waals surface area contributed by atoms with Crippen LogP contribution in [0.3, 0.4) is 0 Å². The number of nitrogens with one attached hydrogen (secondary N) is 2. The Morgan fingerprint density at radius 3 is 2.42 bits per heavy atom. The van der Waals surface area contributed by atoms with Gasteiger partial charge in [-0.1, -0.05) is 30.8 Å². The molecule has 1 aliphatic heterocycles. The molecule has 3 aromatic heterocycles. The molecule has 1 fully saturated rings. The van der Waals surface area contributed by atoms with Crippen LogP contribution in [0.1, 0.15) is 14.1 Å². The zero-order valence-corrected chi connectivity index (χ0v) is 25.4. The fourth-order valence-electron chi connectivity index (χ4n) is 5.77. The van der Waals surface area contributed by atoms with E-state index in [4.69, 9.17) is 9.72 Å². The summed E-state index contributed by atoms with van der Waals surface area (Å²) < 4.78 is 8.11. The van der Waals surface area contributed by atoms with Gasteiger partial charge in [0, 0.05) is 64.9 Å². The number of methoxy groups -OCH3 is 1. The summed E-state index contributed by atoms with van der Waals surface area (Å²) in [6.07, 6.45) is 4.90. The maximum absolute atomic E-state index is 12.3. The zero-order chi connectivity index (χ0) is 30.2. The molecule has 4 heterocycles. The van der Waals surface area contributed by atoms with Crippen LogP contribution in [0.4, 0.5) is 11.4 Å². The third-order valence-electron chi connectivity index (χ3n) is 8.46. The first kappa shape index (κ1) is 28.2. The summed E-state index contributed by atoms with van der Waals surface area (Å²) >= 11 is 0. The van der Waals surface area contributed by atoms with Crippen molar-refractivity contribution in [3.05, 3.63) is 78.9 Å². The second kappa shape index (κ2) is 11.4. The molecule has 224 valence electrons. The molecule has 9 nitrogen and oxygen atoms in total. The molecule has 5 aromatic rings. The van der Waals surface area contributed by atoms with E-state index in [-0.39, 0.29) is 8.76 Å². The van der Waals surface area contributed by atoms with Gasteiger partial charge in [-0.2, -0.15) is 0 Å². The smallest absolute Gasteiger partial charge is 0.247 e. The summed E-state index contributed by atoms with van der Waals surface area (Å²) in [7, 11) is 5.82. The Bertz CT molecular complexity index is 1840. The third-order valence-corrected chi connectivity index (χ3v) is 8.46. The van der Waals surface area contributed by atoms with Crippen LogP contribution in [0.15, 0.2) is 67.6 Å². The number of pyridine rings is 1. The predicted octanol–water partition coefficient (Wildman–Crippen LogP) is 6.29. The number of H-pyrrole nitrogens is 1. The second-order valence-electron chi connectivity index (χ2n) is 11.2. The van der Waals surface area contributed by atoms with Crippen molar-refractivity contribution in [3.8, 4) is 39.4 Å². The largest absolute Gasteiger partial charge is 0.495 e. The van der Waals surface area contributed by atoms with E-state index in [0.29, 0.717) is 11.4 Å². The first-order valence-corrected chi connectivity index (χ1v) is 14.4. The number of hydrogen-bond donors (Lipinski definition) is 2. The summed E-state index contributed by atoms with van der Waals surface area (Å²) in [5.41, 5.74) is 10.1. The van der Waals surface area contributed by atoms with Gasteiger partial charge in [0.15, 0.2) is 0 Å². The van der Waals surface area contributed by atoms with Crippen LogP contribution in [-0.4, -0.2) is 70.7 Å². The molecule has 1 saturated heterocycles. The van der Waals surface area contributed by atoms with Gasteiger partial charge in [0.2, 0.25) is 5.91 Å². The van der Waals surface area contributed by atoms with Crippen molar-refractivity contribution in [3.63, 3.8) is 0 Å². The number of hydrogen-bond acceptors (Lipinski definition) is 6. The van der Waals surface area contributed by atoms with Crippen molar-refractivity contribution < 1.29 is 12.4 Å². The van der Waals surface area contributed by atoms with E-state index in [2.05, 4.69) is 69.0 Å². The first-order valence-electron chi connectivity index (χ1n) is 14.4. The number of carbonyl (C=O) groups excluding carboxylic acids is 1. The van der Waals surface area contributed by atoms with E-state index in [1.165, 1.54) is 11.8 Å². The SMILES string of the molecule is C=CC(=O)Nc1cc(-c2c(-c3ccc(N4CCN(C)CC4)cc3)[nH]c3ncc(-c4ncn(C)c4C)c(OC)c23)ccc1C.[HH].[HH]. The number of carbonyl (C=O) groups is 1. The van der Waals surface area contributed by atoms with Crippen molar-refractivity contribution in [1.82, 2.24) is 24.4 Å². The Balaban J connectivity index is 0.00000230. The van der Waals surface area contributed by atoms with E-state index >= 15 is 0 Å². The highest BCUT2D eigenvalue weighted by Gasteiger charge is 2.25. The number of likely N-dealkylation sites (N-methyl/N-ethyl adjacent to an activating group) is 1. The summed E-state index contributed by atoms with van der Waals surface area (Å²) in [6, 6.07) is 14.8. The lowest BCUT2D eigenvalue weighted by molar-refractivity contribution is -0.111. The van der Waals surface area contributed by atoms with Crippen molar-refractivity contribution >= 4 is 28.3 Å². The molecule has 1 aliphatic rings. The molecule has 0 bridgehead atoms. The van der Waals surface area contributed by atoms with Crippen LogP contribution < -0.4 is 15.0 Å². The molecule has 0 spiro atoms. The predicted molar refractivity (Wildman–Crippen MR) is 178 cm³/mol. The number of nitrogens with zero attached hydrogens (tertiary/aromatic N) is 5. The summed E-state index contributed by atoms with van der Waals surface area (Å²) in [5.74, 6) is 0.432. The molecule has 0 unspecified atom stereocenters. The lowest BCUT2D eigenvalue weighted by Gasteiger charge is -2.34. The zero-order valence-electron chi connectivity index (χ0n) is 25.4. The molecule has 0 aliphatic carbocycles. The highest BCUT2D eigenvalue weighted by Crippen LogP contribution is 2.46. The fraction of sp³-hybridized carbons (Fsp3) is 0.265. The Hall–Kier alpha value is -4.89. The van der Waals surface area contributed by atoms with Crippen LogP contribution in [0.25, 0.3) is 44.7 Å². The molecule has 0 radical (unpaired) electrons. The van der Waals surface area contributed by atoms with Gasteiger partial charge in [0.1, 0.15) is 11.4 Å². The van der Waals surface area contributed by atoms with Gasteiger partial charge in [-0.3, -0.25) is 4.79 Å². The highest BCUT2D eigenvalue weighted by molar-refractivity contribution is 6.09. The lowest BCUT2D eigenvalue weighted by Crippen LogP contribution is -2.44. The van der Waals surface area contributed by atoms with Crippen LogP contribution in [0.2, 0.25) is 0 Å². The molecule has 0 atom stereocenters. The van der Waals surface area contributed by atoms with Crippen molar-refractivity contribution in [2.75, 3.05) is 50.6 Å². The Morgan fingerprint density at radius 1 is 1.05 bits per heavy atom. The number of fused-ring (bicyclic) bond motifs is 1. The normalized spacial score (nSPS) is 13.8. The van der Waals surface area contributed by atoms with Gasteiger partial charge in [-0.25, -0.2) is 9.97 Å². The van der Waals surface area contributed by atoms with E-state index in [9.17, 15) is 4.79 Å². The van der Waals surface area contributed by atoms with Crippen LogP contribution in [0, 0.1) is 13.8 Å². The number of rotatable bonds is 7. The number of piperazine rings is 1. The Kier molecular flexibility index (Phi) is 7.50. The fourth-order valence-corrected chi connectivity index (χ4v) is 5.77. The molecular weight excluding hydrogens is 538 g/mol. The van der Waals surface area contributed by atoms with Crippen molar-refractivity contribution in [2.45, 2.75) is 13.8 Å². The number of amides is 1. The molecular formula is C34H41N7O2. The molecule has 1 amide bonds. The summed E-state index contributed by atoms with van der Waals surface area (Å²) in [5, 5.41) is 3.81. The van der Waals surface area contributed by atoms with E-state index < -0.39 is 0 Å². The average molecular weight is 580 g/mol. The van der Waals surface area contributed by atoms with E-state index in [1.54, 1.807) is 13.4 Å². The Labute approximate surface area is 254 Å². The van der Waals surface area contributed by atoms with Gasteiger partial charge >= 0.3 is 0 Å². The van der Waals surface area contributed by atoms with Gasteiger partial charge < -0.3 is 29.4 Å². The maximum Gasteiger partial charge on any atom is 0.247 e. The minimum atomic E-state index is -0.258. The number of aromatic nitrogens is 4. The molecule has 43 heavy (non-hydrogen) atoms. The van der Waals surface area contributed by atoms with Gasteiger partial charge in [-0.05, 0) is 61.9 Å². The standard InChI is InChI=1S/C34H37N7O2.2H2/c1-7-28(42)37-27-18-24(9-8-21(27)2)29-30-33(43-6)26(31-22(3)40(5)20-36-31)19-35-34(30)38-32(29)23-10-12-25(13-11-23)41-16-14-39(4)15-17-41;;/h7-13,18-20H,1,14-17H2,2-6H3,(H,35,38)(H,37,42);2*1H. The quantitative estimate of drug-likeness (QED) is 0.220. The average Bonchev–Trinajstić information content (AvgIpc) is 3.57. The van der Waals surface area contributed by atoms with E-state index in [0.717, 1.165) is 82.2 Å². The summed E-state index contributed by atoms with van der Waals surface area (Å²) in [4.78, 5) is 30.2.